The van der Waals surface area contributed by atoms with Crippen LogP contribution in [0.4, 0.5) is 0 Å². The summed E-state index contributed by atoms with van der Waals surface area (Å²) < 4.78 is 17.1. The summed E-state index contributed by atoms with van der Waals surface area (Å²) in [5, 5.41) is 0. The van der Waals surface area contributed by atoms with E-state index < -0.39 is 0 Å². The Bertz CT molecular complexity index is 719. The van der Waals surface area contributed by atoms with Gasteiger partial charge in [0.2, 0.25) is 0 Å². The smallest absolute Gasteiger partial charge is 0.161 e. The van der Waals surface area contributed by atoms with Crippen LogP contribution in [0.2, 0.25) is 0 Å². The van der Waals surface area contributed by atoms with Crippen LogP contribution in [0.25, 0.3) is 0 Å². The van der Waals surface area contributed by atoms with E-state index in [2.05, 4.69) is 21.9 Å². The van der Waals surface area contributed by atoms with Gasteiger partial charge in [-0.3, -0.25) is 4.90 Å². The van der Waals surface area contributed by atoms with Gasteiger partial charge in [-0.05, 0) is 49.3 Å². The third-order valence-corrected chi connectivity index (χ3v) is 5.13. The van der Waals surface area contributed by atoms with E-state index in [1.165, 1.54) is 5.56 Å². The molecule has 29 heavy (non-hydrogen) atoms. The second kappa shape index (κ2) is 11.7. The minimum atomic E-state index is 0.468. The SMILES string of the molecule is COc1cc(CN2CCN(CCCN)CC2)ccc1OCCOc1ccccc1. The molecule has 3 rings (SSSR count). The summed E-state index contributed by atoms with van der Waals surface area (Å²) in [5.41, 5.74) is 6.85. The van der Waals surface area contributed by atoms with Crippen LogP contribution in [0.3, 0.4) is 0 Å². The molecule has 6 heteroatoms. The molecule has 1 heterocycles. The Morgan fingerprint density at radius 2 is 1.59 bits per heavy atom. The van der Waals surface area contributed by atoms with Crippen LogP contribution < -0.4 is 19.9 Å². The van der Waals surface area contributed by atoms with Gasteiger partial charge in [-0.1, -0.05) is 24.3 Å². The van der Waals surface area contributed by atoms with Gasteiger partial charge in [-0.15, -0.1) is 0 Å². The van der Waals surface area contributed by atoms with Crippen molar-refractivity contribution in [2.75, 3.05) is 59.6 Å². The van der Waals surface area contributed by atoms with E-state index in [-0.39, 0.29) is 0 Å². The van der Waals surface area contributed by atoms with Crippen molar-refractivity contribution in [3.63, 3.8) is 0 Å². The third-order valence-electron chi connectivity index (χ3n) is 5.13. The summed E-state index contributed by atoms with van der Waals surface area (Å²) in [6.07, 6.45) is 1.08. The van der Waals surface area contributed by atoms with Gasteiger partial charge in [-0.2, -0.15) is 0 Å². The number of methoxy groups -OCH3 is 1. The maximum absolute atomic E-state index is 5.87. The van der Waals surface area contributed by atoms with E-state index in [0.717, 1.165) is 69.5 Å². The summed E-state index contributed by atoms with van der Waals surface area (Å²) in [6, 6.07) is 16.0. The lowest BCUT2D eigenvalue weighted by atomic mass is 10.1. The van der Waals surface area contributed by atoms with Crippen molar-refractivity contribution in [1.82, 2.24) is 9.80 Å². The highest BCUT2D eigenvalue weighted by atomic mass is 16.5. The molecule has 1 aliphatic rings. The number of hydrogen-bond acceptors (Lipinski definition) is 6. The average molecular weight is 400 g/mol. The third kappa shape index (κ3) is 6.92. The lowest BCUT2D eigenvalue weighted by Gasteiger charge is -2.34. The molecule has 1 fully saturated rings. The van der Waals surface area contributed by atoms with E-state index in [9.17, 15) is 0 Å². The number of rotatable bonds is 11. The van der Waals surface area contributed by atoms with Gasteiger partial charge in [0.25, 0.3) is 0 Å². The van der Waals surface area contributed by atoms with Gasteiger partial charge in [0, 0.05) is 32.7 Å². The Morgan fingerprint density at radius 3 is 2.31 bits per heavy atom. The zero-order chi connectivity index (χ0) is 20.3. The Morgan fingerprint density at radius 1 is 0.862 bits per heavy atom. The molecule has 0 atom stereocenters. The number of nitrogens with two attached hydrogens (primary N) is 1. The maximum atomic E-state index is 5.87. The molecular formula is C23H33N3O3. The predicted molar refractivity (Wildman–Crippen MR) is 116 cm³/mol. The molecule has 6 nitrogen and oxygen atoms in total. The van der Waals surface area contributed by atoms with Crippen LogP contribution >= 0.6 is 0 Å². The summed E-state index contributed by atoms with van der Waals surface area (Å²) in [4.78, 5) is 4.99. The monoisotopic (exact) mass is 399 g/mol. The van der Waals surface area contributed by atoms with Crippen molar-refractivity contribution in [3.05, 3.63) is 54.1 Å². The predicted octanol–water partition coefficient (Wildman–Crippen LogP) is 2.62. The van der Waals surface area contributed by atoms with Crippen LogP contribution in [-0.4, -0.2) is 69.4 Å². The summed E-state index contributed by atoms with van der Waals surface area (Å²) in [6.45, 7) is 8.16. The molecule has 2 aromatic rings. The van der Waals surface area contributed by atoms with E-state index in [4.69, 9.17) is 19.9 Å². The van der Waals surface area contributed by atoms with Crippen LogP contribution in [0, 0.1) is 0 Å². The lowest BCUT2D eigenvalue weighted by Crippen LogP contribution is -2.46. The zero-order valence-corrected chi connectivity index (χ0v) is 17.4. The van der Waals surface area contributed by atoms with E-state index in [1.54, 1.807) is 7.11 Å². The van der Waals surface area contributed by atoms with Gasteiger partial charge in [0.05, 0.1) is 7.11 Å². The number of benzene rings is 2. The van der Waals surface area contributed by atoms with Crippen LogP contribution in [0.1, 0.15) is 12.0 Å². The first kappa shape index (κ1) is 21.4. The molecule has 0 radical (unpaired) electrons. The maximum Gasteiger partial charge on any atom is 0.161 e. The molecule has 0 bridgehead atoms. The number of nitrogens with zero attached hydrogens (tertiary/aromatic N) is 2. The Hall–Kier alpha value is -2.28. The number of piperazine rings is 1. The van der Waals surface area contributed by atoms with Crippen molar-refractivity contribution in [2.45, 2.75) is 13.0 Å². The standard InChI is InChI=1S/C23H33N3O3/c1-27-23-18-20(19-26-14-12-25(13-15-26)11-5-10-24)8-9-22(23)29-17-16-28-21-6-3-2-4-7-21/h2-4,6-9,18H,5,10-17,19,24H2,1H3. The largest absolute Gasteiger partial charge is 0.493 e. The molecule has 0 saturated carbocycles. The molecule has 0 unspecified atom stereocenters. The van der Waals surface area contributed by atoms with Gasteiger partial charge in [0.15, 0.2) is 11.5 Å². The molecule has 0 amide bonds. The second-order valence-electron chi connectivity index (χ2n) is 7.26. The first-order valence-electron chi connectivity index (χ1n) is 10.4. The summed E-state index contributed by atoms with van der Waals surface area (Å²) in [7, 11) is 1.68. The molecule has 1 aliphatic heterocycles. The zero-order valence-electron chi connectivity index (χ0n) is 17.4. The van der Waals surface area contributed by atoms with Crippen molar-refractivity contribution in [3.8, 4) is 17.2 Å². The minimum Gasteiger partial charge on any atom is -0.493 e. The van der Waals surface area contributed by atoms with E-state index in [0.29, 0.717) is 13.2 Å². The molecule has 0 aliphatic carbocycles. The average Bonchev–Trinajstić information content (AvgIpc) is 2.77. The van der Waals surface area contributed by atoms with Crippen LogP contribution in [0.15, 0.2) is 48.5 Å². The van der Waals surface area contributed by atoms with Crippen LogP contribution in [-0.2, 0) is 6.54 Å². The van der Waals surface area contributed by atoms with E-state index >= 15 is 0 Å². The molecular weight excluding hydrogens is 366 g/mol. The first-order valence-corrected chi connectivity index (χ1v) is 10.4. The Labute approximate surface area is 174 Å². The fraction of sp³-hybridized carbons (Fsp3) is 0.478. The van der Waals surface area contributed by atoms with Gasteiger partial charge >= 0.3 is 0 Å². The van der Waals surface area contributed by atoms with Gasteiger partial charge < -0.3 is 24.8 Å². The van der Waals surface area contributed by atoms with Gasteiger partial charge in [-0.25, -0.2) is 0 Å². The first-order chi connectivity index (χ1) is 14.3. The van der Waals surface area contributed by atoms with Crippen molar-refractivity contribution >= 4 is 0 Å². The number of para-hydroxylation sites is 1. The lowest BCUT2D eigenvalue weighted by molar-refractivity contribution is 0.126. The normalized spacial score (nSPS) is 15.2. The topological polar surface area (TPSA) is 60.2 Å². The Balaban J connectivity index is 1.45. The highest BCUT2D eigenvalue weighted by molar-refractivity contribution is 5.43. The second-order valence-corrected chi connectivity index (χ2v) is 7.26. The fourth-order valence-corrected chi connectivity index (χ4v) is 3.50. The molecule has 0 spiro atoms. The van der Waals surface area contributed by atoms with Crippen LogP contribution in [0.5, 0.6) is 17.2 Å². The van der Waals surface area contributed by atoms with Crippen molar-refractivity contribution < 1.29 is 14.2 Å². The molecule has 1 saturated heterocycles. The highest BCUT2D eigenvalue weighted by Crippen LogP contribution is 2.28. The number of ether oxygens (including phenoxy) is 3. The minimum absolute atomic E-state index is 0.468. The Kier molecular flexibility index (Phi) is 8.61. The molecule has 0 aromatic heterocycles. The molecule has 2 N–H and O–H groups in total. The van der Waals surface area contributed by atoms with Gasteiger partial charge in [0.1, 0.15) is 19.0 Å². The molecule has 2 aromatic carbocycles. The quantitative estimate of drug-likeness (QED) is 0.586. The highest BCUT2D eigenvalue weighted by Gasteiger charge is 2.17. The van der Waals surface area contributed by atoms with Crippen molar-refractivity contribution in [2.24, 2.45) is 5.73 Å². The fourth-order valence-electron chi connectivity index (χ4n) is 3.50. The van der Waals surface area contributed by atoms with E-state index in [1.807, 2.05) is 36.4 Å². The molecule has 158 valence electrons. The summed E-state index contributed by atoms with van der Waals surface area (Å²) in [5.74, 6) is 2.37. The van der Waals surface area contributed by atoms with Crippen molar-refractivity contribution in [1.29, 1.82) is 0 Å². The number of hydrogen-bond donors (Lipinski definition) is 1. The summed E-state index contributed by atoms with van der Waals surface area (Å²) >= 11 is 0.